The topological polar surface area (TPSA) is 87.7 Å². The van der Waals surface area contributed by atoms with Crippen LogP contribution >= 0.6 is 89.3 Å². The van der Waals surface area contributed by atoms with Crippen LogP contribution in [0.4, 0.5) is 5.69 Å². The van der Waals surface area contributed by atoms with Crippen LogP contribution in [-0.2, 0) is 4.79 Å². The van der Waals surface area contributed by atoms with Crippen molar-refractivity contribution in [1.29, 1.82) is 0 Å². The molecule has 1 amide bonds. The van der Waals surface area contributed by atoms with Crippen molar-refractivity contribution in [3.05, 3.63) is 57.6 Å². The normalized spacial score (nSPS) is 10.7. The Labute approximate surface area is 216 Å². The minimum absolute atomic E-state index is 0.0105. The van der Waals surface area contributed by atoms with Gasteiger partial charge in [-0.2, -0.15) is 0 Å². The van der Waals surface area contributed by atoms with Gasteiger partial charge < -0.3 is 15.2 Å². The highest BCUT2D eigenvalue weighted by molar-refractivity contribution is 14.1. The zero-order valence-corrected chi connectivity index (χ0v) is 22.9. The molecule has 2 aromatic rings. The number of amides is 1. The summed E-state index contributed by atoms with van der Waals surface area (Å²) in [5, 5.41) is 14.7. The van der Waals surface area contributed by atoms with Crippen molar-refractivity contribution in [2.45, 2.75) is 0 Å². The van der Waals surface area contributed by atoms with E-state index in [9.17, 15) is 14.7 Å². The molecule has 29 heavy (non-hydrogen) atoms. The first kappa shape index (κ1) is 24.5. The van der Waals surface area contributed by atoms with Gasteiger partial charge in [-0.1, -0.05) is 15.9 Å². The lowest BCUT2D eigenvalue weighted by atomic mass is 10.2. The molecule has 0 saturated carbocycles. The van der Waals surface area contributed by atoms with E-state index in [1.54, 1.807) is 18.2 Å². The molecule has 6 nitrogen and oxygen atoms in total. The fraction of sp³-hybridized carbons (Fsp3) is 0.0556. The number of anilines is 1. The second-order valence-corrected chi connectivity index (χ2v) is 9.99. The molecule has 2 aromatic carbocycles. The molecule has 0 atom stereocenters. The predicted octanol–water partition coefficient (Wildman–Crippen LogP) is 5.65. The number of methoxy groups -OCH3 is 1. The minimum atomic E-state index is -1.09. The maximum absolute atomic E-state index is 12.2. The number of carbonyl (C=O) groups excluding carboxylic acids is 1. The summed E-state index contributed by atoms with van der Waals surface area (Å²) >= 11 is 16.0. The molecule has 0 aliphatic rings. The summed E-state index contributed by atoms with van der Waals surface area (Å²) in [7, 11) is 1.53. The molecule has 0 unspecified atom stereocenters. The van der Waals surface area contributed by atoms with Gasteiger partial charge in [0.2, 0.25) is 5.91 Å². The number of carboxylic acids is 1. The van der Waals surface area contributed by atoms with Crippen LogP contribution in [0.3, 0.4) is 0 Å². The molecule has 11 heteroatoms. The van der Waals surface area contributed by atoms with Gasteiger partial charge >= 0.3 is 5.97 Å². The third-order valence-electron chi connectivity index (χ3n) is 3.42. The van der Waals surface area contributed by atoms with Crippen LogP contribution in [0.5, 0.6) is 5.75 Å². The van der Waals surface area contributed by atoms with Crippen LogP contribution in [0.25, 0.3) is 6.08 Å². The molecule has 0 saturated heterocycles. The molecule has 0 spiro atoms. The molecule has 152 valence electrons. The average Bonchev–Trinajstić information content (AvgIpc) is 2.61. The number of benzene rings is 2. The van der Waals surface area contributed by atoms with E-state index in [1.807, 2.05) is 51.2 Å². The van der Waals surface area contributed by atoms with E-state index < -0.39 is 11.9 Å². The van der Waals surface area contributed by atoms with Gasteiger partial charge in [-0.15, -0.1) is 0 Å². The van der Waals surface area contributed by atoms with E-state index in [0.717, 1.165) is 12.5 Å². The van der Waals surface area contributed by atoms with Crippen molar-refractivity contribution >= 4 is 118 Å². The Kier molecular flexibility index (Phi) is 9.31. The van der Waals surface area contributed by atoms with Crippen LogP contribution in [0.1, 0.15) is 15.9 Å². The average molecular weight is 766 g/mol. The first-order valence-electron chi connectivity index (χ1n) is 7.67. The fourth-order valence-electron chi connectivity index (χ4n) is 2.25. The number of carbonyl (C=O) groups is 2. The SMILES string of the molecule is COc1c(Br)cc(Br)cc1C=CC(=O)NC(=S)Nc1c(I)cc(I)cc1C(=O)O. The number of thiocarbonyl (C=S) groups is 1. The molecule has 0 radical (unpaired) electrons. The largest absolute Gasteiger partial charge is 0.495 e. The summed E-state index contributed by atoms with van der Waals surface area (Å²) in [6.07, 6.45) is 2.89. The number of nitrogens with one attached hydrogen (secondary N) is 2. The lowest BCUT2D eigenvalue weighted by Gasteiger charge is -2.13. The van der Waals surface area contributed by atoms with Crippen molar-refractivity contribution in [3.8, 4) is 5.75 Å². The van der Waals surface area contributed by atoms with Crippen molar-refractivity contribution in [1.82, 2.24) is 5.32 Å². The van der Waals surface area contributed by atoms with Gasteiger partial charge in [-0.25, -0.2) is 4.79 Å². The van der Waals surface area contributed by atoms with E-state index in [-0.39, 0.29) is 10.7 Å². The van der Waals surface area contributed by atoms with E-state index in [2.05, 4.69) is 42.5 Å². The first-order chi connectivity index (χ1) is 13.6. The highest BCUT2D eigenvalue weighted by Gasteiger charge is 2.16. The molecule has 0 heterocycles. The number of aromatic carboxylic acids is 1. The maximum atomic E-state index is 12.2. The molecule has 0 aliphatic heterocycles. The highest BCUT2D eigenvalue weighted by atomic mass is 127. The van der Waals surface area contributed by atoms with Gasteiger partial charge in [-0.05, 0) is 104 Å². The summed E-state index contributed by atoms with van der Waals surface area (Å²) in [6.45, 7) is 0. The third kappa shape index (κ3) is 6.87. The minimum Gasteiger partial charge on any atom is -0.495 e. The fourth-order valence-corrected chi connectivity index (χ4v) is 5.85. The van der Waals surface area contributed by atoms with Crippen molar-refractivity contribution in [3.63, 3.8) is 0 Å². The Hall–Kier alpha value is -0.770. The number of rotatable bonds is 5. The molecular weight excluding hydrogens is 754 g/mol. The quantitative estimate of drug-likeness (QED) is 0.207. The lowest BCUT2D eigenvalue weighted by Crippen LogP contribution is -2.33. The van der Waals surface area contributed by atoms with Crippen LogP contribution < -0.4 is 15.4 Å². The Morgan fingerprint density at radius 2 is 1.90 bits per heavy atom. The van der Waals surface area contributed by atoms with E-state index in [1.165, 1.54) is 19.3 Å². The number of hydrogen-bond donors (Lipinski definition) is 3. The van der Waals surface area contributed by atoms with Crippen LogP contribution in [-0.4, -0.2) is 29.2 Å². The standard InChI is InChI=1S/C18H12Br2I2N2O4S/c1-28-16-8(4-9(19)5-12(16)20)2-3-14(25)23-18(29)24-15-11(17(26)27)6-10(21)7-13(15)22/h2-7H,1H3,(H,26,27)(H2,23,24,25,29). The molecule has 0 fully saturated rings. The van der Waals surface area contributed by atoms with Crippen LogP contribution in [0.2, 0.25) is 0 Å². The number of ether oxygens (including phenoxy) is 1. The van der Waals surface area contributed by atoms with Gasteiger partial charge in [0.15, 0.2) is 5.11 Å². The Bertz CT molecular complexity index is 1030. The van der Waals surface area contributed by atoms with E-state index in [0.29, 0.717) is 20.6 Å². The van der Waals surface area contributed by atoms with Gasteiger partial charge in [0.25, 0.3) is 0 Å². The molecule has 0 aromatic heterocycles. The van der Waals surface area contributed by atoms with E-state index >= 15 is 0 Å². The number of halogens is 4. The summed E-state index contributed by atoms with van der Waals surface area (Å²) in [5.41, 5.74) is 1.07. The number of hydrogen-bond acceptors (Lipinski definition) is 4. The highest BCUT2D eigenvalue weighted by Crippen LogP contribution is 2.33. The smallest absolute Gasteiger partial charge is 0.337 e. The van der Waals surface area contributed by atoms with Gasteiger partial charge in [0.05, 0.1) is 22.8 Å². The zero-order chi connectivity index (χ0) is 21.7. The zero-order valence-electron chi connectivity index (χ0n) is 14.6. The van der Waals surface area contributed by atoms with Crippen LogP contribution in [0, 0.1) is 7.14 Å². The predicted molar refractivity (Wildman–Crippen MR) is 141 cm³/mol. The summed E-state index contributed by atoms with van der Waals surface area (Å²) in [4.78, 5) is 23.7. The summed E-state index contributed by atoms with van der Waals surface area (Å²) < 4.78 is 8.34. The maximum Gasteiger partial charge on any atom is 0.337 e. The molecular formula is C18H12Br2I2N2O4S. The van der Waals surface area contributed by atoms with Crippen molar-refractivity contribution in [2.24, 2.45) is 0 Å². The Balaban J connectivity index is 2.14. The van der Waals surface area contributed by atoms with Crippen molar-refractivity contribution in [2.75, 3.05) is 12.4 Å². The van der Waals surface area contributed by atoms with Crippen molar-refractivity contribution < 1.29 is 19.4 Å². The number of carboxylic acid groups (broad SMARTS) is 1. The van der Waals surface area contributed by atoms with Gasteiger partial charge in [0, 0.05) is 23.3 Å². The van der Waals surface area contributed by atoms with E-state index in [4.69, 9.17) is 17.0 Å². The van der Waals surface area contributed by atoms with Gasteiger partial charge in [-0.3, -0.25) is 10.1 Å². The Morgan fingerprint density at radius 1 is 1.21 bits per heavy atom. The monoisotopic (exact) mass is 764 g/mol. The molecule has 0 aliphatic carbocycles. The third-order valence-corrected chi connectivity index (χ3v) is 6.14. The molecule has 3 N–H and O–H groups in total. The molecule has 2 rings (SSSR count). The molecule has 0 bridgehead atoms. The first-order valence-corrected chi connectivity index (χ1v) is 11.8. The Morgan fingerprint density at radius 3 is 2.52 bits per heavy atom. The van der Waals surface area contributed by atoms with Crippen LogP contribution in [0.15, 0.2) is 39.3 Å². The van der Waals surface area contributed by atoms with Gasteiger partial charge in [0.1, 0.15) is 5.75 Å². The lowest BCUT2D eigenvalue weighted by molar-refractivity contribution is -0.115. The second kappa shape index (κ2) is 11.0. The summed E-state index contributed by atoms with van der Waals surface area (Å²) in [5.74, 6) is -0.985. The summed E-state index contributed by atoms with van der Waals surface area (Å²) in [6, 6.07) is 6.96. The second-order valence-electron chi connectivity index (χ2n) is 5.40.